The molecule has 0 unspecified atom stereocenters. The van der Waals surface area contributed by atoms with E-state index in [4.69, 9.17) is 18.9 Å². The van der Waals surface area contributed by atoms with Crippen LogP contribution in [0, 0.1) is 0 Å². The van der Waals surface area contributed by atoms with Crippen LogP contribution in [0.1, 0.15) is 83.1 Å². The summed E-state index contributed by atoms with van der Waals surface area (Å²) in [7, 11) is 0. The highest BCUT2D eigenvalue weighted by atomic mass is 16.6. The molecule has 0 aromatic heterocycles. The van der Waals surface area contributed by atoms with Crippen LogP contribution in [-0.4, -0.2) is 46.8 Å². The normalized spacial score (nSPS) is 11.9. The summed E-state index contributed by atoms with van der Waals surface area (Å²) in [6.45, 7) is 21.1. The summed E-state index contributed by atoms with van der Waals surface area (Å²) in [6, 6.07) is 18.0. The summed E-state index contributed by atoms with van der Waals surface area (Å²) in [5, 5.41) is 10.9. The van der Waals surface area contributed by atoms with E-state index >= 15 is 0 Å². The number of benzene rings is 3. The van der Waals surface area contributed by atoms with Crippen molar-refractivity contribution in [1.82, 2.24) is 0 Å². The van der Waals surface area contributed by atoms with Crippen LogP contribution in [0.2, 0.25) is 0 Å². The van der Waals surface area contributed by atoms with Gasteiger partial charge in [-0.3, -0.25) is 21.3 Å². The van der Waals surface area contributed by atoms with Gasteiger partial charge < -0.3 is 18.9 Å². The lowest BCUT2D eigenvalue weighted by atomic mass is 9.99. The highest BCUT2D eigenvalue weighted by Crippen LogP contribution is 2.34. The molecule has 0 bridgehead atoms. The van der Waals surface area contributed by atoms with Crippen molar-refractivity contribution < 1.29 is 38.1 Å². The van der Waals surface area contributed by atoms with Crippen molar-refractivity contribution in [2.45, 2.75) is 105 Å². The summed E-state index contributed by atoms with van der Waals surface area (Å²) in [6.07, 6.45) is -2.71. The number of hydrogen-bond acceptors (Lipinski definition) is 8. The van der Waals surface area contributed by atoms with Gasteiger partial charge in [0, 0.05) is 0 Å². The Morgan fingerprint density at radius 2 is 0.580 bits per heavy atom. The SMILES string of the molecule is CC(C)(C)OC(=O)Nc1ccc(-c2ccc(-c3ccc(NC(=O)OC(C)(C)C)c(NC(=O)OC(C)(C)C)c3)cc2)cc1NC(=O)OC(C)(C)C. The summed E-state index contributed by atoms with van der Waals surface area (Å²) in [5.74, 6) is 0. The van der Waals surface area contributed by atoms with Gasteiger partial charge >= 0.3 is 24.4 Å². The molecular formula is C38H50N4O8. The van der Waals surface area contributed by atoms with Gasteiger partial charge in [-0.05, 0) is 130 Å². The van der Waals surface area contributed by atoms with E-state index in [0.717, 1.165) is 22.3 Å². The van der Waals surface area contributed by atoms with Crippen molar-refractivity contribution in [3.8, 4) is 22.3 Å². The zero-order valence-electron chi connectivity index (χ0n) is 31.0. The van der Waals surface area contributed by atoms with Crippen LogP contribution in [0.25, 0.3) is 22.3 Å². The molecule has 12 nitrogen and oxygen atoms in total. The maximum absolute atomic E-state index is 12.7. The van der Waals surface area contributed by atoms with E-state index in [0.29, 0.717) is 22.7 Å². The Morgan fingerprint density at radius 1 is 0.360 bits per heavy atom. The van der Waals surface area contributed by atoms with Gasteiger partial charge in [0.2, 0.25) is 0 Å². The Bertz CT molecular complexity index is 1580. The molecule has 4 amide bonds. The summed E-state index contributed by atoms with van der Waals surface area (Å²) >= 11 is 0. The standard InChI is InChI=1S/C38H50N4O8/c1-35(2,3)47-31(43)39-27-19-17-25(21-29(27)41-33(45)49-37(7,8)9)23-13-15-24(16-14-23)26-18-20-28(40-32(44)48-36(4,5)6)30(22-26)42-34(46)50-38(10,11)12/h13-22H,1-12H3,(H,39,43)(H,40,44)(H,41,45)(H,42,46). The third-order valence-corrected chi connectivity index (χ3v) is 6.13. The lowest BCUT2D eigenvalue weighted by molar-refractivity contribution is 0.0621. The first-order chi connectivity index (χ1) is 22.9. The monoisotopic (exact) mass is 690 g/mol. The molecule has 50 heavy (non-hydrogen) atoms. The topological polar surface area (TPSA) is 153 Å². The number of nitrogens with one attached hydrogen (secondary N) is 4. The van der Waals surface area contributed by atoms with E-state index < -0.39 is 46.8 Å². The van der Waals surface area contributed by atoms with Gasteiger partial charge in [-0.2, -0.15) is 0 Å². The van der Waals surface area contributed by atoms with Gasteiger partial charge in [0.15, 0.2) is 0 Å². The van der Waals surface area contributed by atoms with Crippen molar-refractivity contribution in [3.63, 3.8) is 0 Å². The molecule has 3 aromatic rings. The number of hydrogen-bond donors (Lipinski definition) is 4. The number of ether oxygens (including phenoxy) is 4. The van der Waals surface area contributed by atoms with Crippen LogP contribution in [0.4, 0.5) is 41.9 Å². The average Bonchev–Trinajstić information content (AvgIpc) is 2.91. The van der Waals surface area contributed by atoms with E-state index in [1.807, 2.05) is 36.4 Å². The summed E-state index contributed by atoms with van der Waals surface area (Å²) in [4.78, 5) is 50.5. The number of amides is 4. The van der Waals surface area contributed by atoms with Gasteiger partial charge in [-0.15, -0.1) is 0 Å². The highest BCUT2D eigenvalue weighted by molar-refractivity contribution is 5.98. The predicted octanol–water partition coefficient (Wildman–Crippen LogP) is 10.4. The molecule has 0 aliphatic heterocycles. The van der Waals surface area contributed by atoms with Crippen molar-refractivity contribution in [1.29, 1.82) is 0 Å². The van der Waals surface area contributed by atoms with Gasteiger partial charge in [-0.25, -0.2) is 19.2 Å². The molecule has 0 saturated heterocycles. The second-order valence-electron chi connectivity index (χ2n) is 15.6. The molecule has 0 aliphatic rings. The van der Waals surface area contributed by atoms with E-state index in [2.05, 4.69) is 21.3 Å². The van der Waals surface area contributed by atoms with E-state index in [9.17, 15) is 19.2 Å². The smallest absolute Gasteiger partial charge is 0.412 e. The zero-order valence-corrected chi connectivity index (χ0v) is 31.0. The molecule has 0 spiro atoms. The molecule has 0 radical (unpaired) electrons. The fourth-order valence-corrected chi connectivity index (χ4v) is 4.38. The maximum Gasteiger partial charge on any atom is 0.412 e. The molecule has 0 aliphatic carbocycles. The summed E-state index contributed by atoms with van der Waals surface area (Å²) < 4.78 is 21.7. The lowest BCUT2D eigenvalue weighted by Gasteiger charge is -2.22. The molecule has 12 heteroatoms. The minimum atomic E-state index is -0.734. The molecule has 4 N–H and O–H groups in total. The molecule has 3 rings (SSSR count). The van der Waals surface area contributed by atoms with E-state index in [-0.39, 0.29) is 0 Å². The first kappa shape index (κ1) is 39.2. The van der Waals surface area contributed by atoms with Crippen LogP contribution in [0.5, 0.6) is 0 Å². The Kier molecular flexibility index (Phi) is 11.8. The van der Waals surface area contributed by atoms with Crippen LogP contribution in [0.15, 0.2) is 60.7 Å². The molecule has 3 aromatic carbocycles. The second kappa shape index (κ2) is 15.1. The van der Waals surface area contributed by atoms with Crippen molar-refractivity contribution >= 4 is 47.1 Å². The number of rotatable bonds is 6. The Labute approximate surface area is 294 Å². The Hall–Kier alpha value is -5.26. The van der Waals surface area contributed by atoms with Crippen LogP contribution >= 0.6 is 0 Å². The molecule has 270 valence electrons. The molecule has 0 atom stereocenters. The number of anilines is 4. The summed E-state index contributed by atoms with van der Waals surface area (Å²) in [5.41, 5.74) is 1.54. The third-order valence-electron chi connectivity index (χ3n) is 6.13. The quantitative estimate of drug-likeness (QED) is 0.186. The number of carbonyl (C=O) groups excluding carboxylic acids is 4. The van der Waals surface area contributed by atoms with Gasteiger partial charge in [0.1, 0.15) is 22.4 Å². The molecular weight excluding hydrogens is 640 g/mol. The first-order valence-electron chi connectivity index (χ1n) is 16.2. The van der Waals surface area contributed by atoms with E-state index in [1.54, 1.807) is 107 Å². The lowest BCUT2D eigenvalue weighted by Crippen LogP contribution is -2.29. The highest BCUT2D eigenvalue weighted by Gasteiger charge is 2.22. The average molecular weight is 691 g/mol. The maximum atomic E-state index is 12.7. The minimum Gasteiger partial charge on any atom is -0.444 e. The first-order valence-corrected chi connectivity index (χ1v) is 16.2. The molecule has 0 fully saturated rings. The van der Waals surface area contributed by atoms with Gasteiger partial charge in [-0.1, -0.05) is 36.4 Å². The van der Waals surface area contributed by atoms with Crippen molar-refractivity contribution in [2.75, 3.05) is 21.3 Å². The minimum absolute atomic E-state index is 0.317. The second-order valence-corrected chi connectivity index (χ2v) is 15.6. The Morgan fingerprint density at radius 3 is 0.820 bits per heavy atom. The van der Waals surface area contributed by atoms with Crippen LogP contribution in [0.3, 0.4) is 0 Å². The number of carbonyl (C=O) groups is 4. The van der Waals surface area contributed by atoms with Crippen LogP contribution < -0.4 is 21.3 Å². The predicted molar refractivity (Wildman–Crippen MR) is 197 cm³/mol. The fraction of sp³-hybridized carbons (Fsp3) is 0.421. The van der Waals surface area contributed by atoms with E-state index in [1.165, 1.54) is 0 Å². The molecule has 0 heterocycles. The van der Waals surface area contributed by atoms with Crippen molar-refractivity contribution in [3.05, 3.63) is 60.7 Å². The Balaban J connectivity index is 1.95. The molecule has 0 saturated carbocycles. The third kappa shape index (κ3) is 13.3. The van der Waals surface area contributed by atoms with Gasteiger partial charge in [0.25, 0.3) is 0 Å². The zero-order chi connectivity index (χ0) is 37.7. The van der Waals surface area contributed by atoms with Crippen LogP contribution in [-0.2, 0) is 18.9 Å². The van der Waals surface area contributed by atoms with Crippen molar-refractivity contribution in [2.24, 2.45) is 0 Å². The largest absolute Gasteiger partial charge is 0.444 e. The van der Waals surface area contributed by atoms with Gasteiger partial charge in [0.05, 0.1) is 22.7 Å². The fourth-order valence-electron chi connectivity index (χ4n) is 4.38.